The molecule has 0 aliphatic heterocycles. The fourth-order valence-electron chi connectivity index (χ4n) is 1.70. The van der Waals surface area contributed by atoms with E-state index in [1.54, 1.807) is 12.1 Å². The summed E-state index contributed by atoms with van der Waals surface area (Å²) in [6, 6.07) is 6.91. The van der Waals surface area contributed by atoms with Gasteiger partial charge in [0.2, 0.25) is 0 Å². The number of urea groups is 1. The minimum absolute atomic E-state index is 0.0362. The maximum absolute atomic E-state index is 11.8. The molecule has 112 valence electrons. The lowest BCUT2D eigenvalue weighted by molar-refractivity contribution is 0.218. The van der Waals surface area contributed by atoms with Crippen molar-refractivity contribution in [2.75, 3.05) is 11.9 Å². The molecule has 0 aliphatic rings. The lowest BCUT2D eigenvalue weighted by atomic mass is 10.0. The van der Waals surface area contributed by atoms with Crippen LogP contribution in [0.2, 0.25) is 0 Å². The Morgan fingerprint density at radius 1 is 1.30 bits per heavy atom. The van der Waals surface area contributed by atoms with Gasteiger partial charge in [0.15, 0.2) is 0 Å². The van der Waals surface area contributed by atoms with E-state index in [-0.39, 0.29) is 18.7 Å². The average molecular weight is 280 g/mol. The first kappa shape index (κ1) is 16.3. The summed E-state index contributed by atoms with van der Waals surface area (Å²) in [6.45, 7) is 7.69. The number of aliphatic hydroxyl groups excluding tert-OH is 1. The monoisotopic (exact) mass is 280 g/mol. The van der Waals surface area contributed by atoms with E-state index >= 15 is 0 Å². The third-order valence-electron chi connectivity index (χ3n) is 2.67. The van der Waals surface area contributed by atoms with E-state index in [1.165, 1.54) is 0 Å². The van der Waals surface area contributed by atoms with Crippen molar-refractivity contribution in [1.82, 2.24) is 5.32 Å². The molecule has 20 heavy (non-hydrogen) atoms. The molecule has 5 nitrogen and oxygen atoms in total. The van der Waals surface area contributed by atoms with E-state index in [0.717, 1.165) is 5.75 Å². The Bertz CT molecular complexity index is 427. The second-order valence-electron chi connectivity index (χ2n) is 5.63. The number of hydrogen-bond acceptors (Lipinski definition) is 3. The van der Waals surface area contributed by atoms with Crippen LogP contribution in [0, 0.1) is 0 Å². The Morgan fingerprint density at radius 3 is 2.40 bits per heavy atom. The van der Waals surface area contributed by atoms with Crippen LogP contribution in [0.1, 0.15) is 34.1 Å². The van der Waals surface area contributed by atoms with Gasteiger partial charge in [-0.1, -0.05) is 0 Å². The molecule has 0 atom stereocenters. The van der Waals surface area contributed by atoms with Crippen LogP contribution in [0.25, 0.3) is 0 Å². The molecule has 0 unspecified atom stereocenters. The van der Waals surface area contributed by atoms with Crippen molar-refractivity contribution in [2.45, 2.75) is 45.8 Å². The predicted molar refractivity (Wildman–Crippen MR) is 80.1 cm³/mol. The van der Waals surface area contributed by atoms with E-state index in [4.69, 9.17) is 9.84 Å². The van der Waals surface area contributed by atoms with Crippen LogP contribution in [-0.2, 0) is 0 Å². The normalized spacial score (nSPS) is 11.3. The second kappa shape index (κ2) is 7.14. The number of carbonyl (C=O) groups is 1. The highest BCUT2D eigenvalue weighted by atomic mass is 16.5. The van der Waals surface area contributed by atoms with Crippen LogP contribution >= 0.6 is 0 Å². The van der Waals surface area contributed by atoms with Crippen molar-refractivity contribution < 1.29 is 14.6 Å². The summed E-state index contributed by atoms with van der Waals surface area (Å²) in [7, 11) is 0. The first-order valence-electron chi connectivity index (χ1n) is 6.79. The van der Waals surface area contributed by atoms with Crippen LogP contribution in [0.3, 0.4) is 0 Å². The van der Waals surface area contributed by atoms with Gasteiger partial charge in [0.05, 0.1) is 6.10 Å². The quantitative estimate of drug-likeness (QED) is 0.750. The molecule has 0 aromatic heterocycles. The number of rotatable bonds is 6. The van der Waals surface area contributed by atoms with Crippen LogP contribution in [-0.4, -0.2) is 29.4 Å². The minimum atomic E-state index is -0.445. The van der Waals surface area contributed by atoms with Crippen molar-refractivity contribution in [3.05, 3.63) is 24.3 Å². The summed E-state index contributed by atoms with van der Waals surface area (Å²) < 4.78 is 5.53. The summed E-state index contributed by atoms with van der Waals surface area (Å²) in [5.41, 5.74) is 0.248. The van der Waals surface area contributed by atoms with Gasteiger partial charge < -0.3 is 20.5 Å². The molecular weight excluding hydrogens is 256 g/mol. The van der Waals surface area contributed by atoms with Crippen molar-refractivity contribution >= 4 is 11.7 Å². The van der Waals surface area contributed by atoms with Crippen LogP contribution < -0.4 is 15.4 Å². The molecule has 0 fully saturated rings. The number of hydrogen-bond donors (Lipinski definition) is 3. The molecule has 1 aromatic rings. The zero-order valence-corrected chi connectivity index (χ0v) is 12.6. The van der Waals surface area contributed by atoms with Crippen LogP contribution in [0.4, 0.5) is 10.5 Å². The van der Waals surface area contributed by atoms with Crippen LogP contribution in [0.15, 0.2) is 24.3 Å². The molecule has 0 radical (unpaired) electrons. The highest BCUT2D eigenvalue weighted by Gasteiger charge is 2.19. The molecule has 0 saturated heterocycles. The molecule has 0 saturated carbocycles. The standard InChI is InChI=1S/C15H24N2O3/c1-11(2)20-13-7-5-12(6-8-13)16-14(19)17-15(3,4)9-10-18/h5-8,11,18H,9-10H2,1-4H3,(H2,16,17,19). The maximum atomic E-state index is 11.8. The number of ether oxygens (including phenoxy) is 1. The largest absolute Gasteiger partial charge is 0.491 e. The van der Waals surface area contributed by atoms with Gasteiger partial charge in [-0.3, -0.25) is 0 Å². The Balaban J connectivity index is 2.54. The Labute approximate surface area is 120 Å². The third-order valence-corrected chi connectivity index (χ3v) is 2.67. The zero-order valence-electron chi connectivity index (χ0n) is 12.6. The number of aliphatic hydroxyl groups is 1. The molecule has 2 amide bonds. The van der Waals surface area contributed by atoms with Gasteiger partial charge in [-0.25, -0.2) is 4.79 Å². The van der Waals surface area contributed by atoms with E-state index in [0.29, 0.717) is 12.1 Å². The Hall–Kier alpha value is -1.75. The number of nitrogens with one attached hydrogen (secondary N) is 2. The highest BCUT2D eigenvalue weighted by Crippen LogP contribution is 2.17. The van der Waals surface area contributed by atoms with Crippen molar-refractivity contribution in [3.8, 4) is 5.75 Å². The van der Waals surface area contributed by atoms with E-state index in [2.05, 4.69) is 10.6 Å². The summed E-state index contributed by atoms with van der Waals surface area (Å²) in [4.78, 5) is 11.8. The molecule has 0 spiro atoms. The van der Waals surface area contributed by atoms with E-state index < -0.39 is 5.54 Å². The molecule has 5 heteroatoms. The van der Waals surface area contributed by atoms with Gasteiger partial charge >= 0.3 is 6.03 Å². The Kier molecular flexibility index (Phi) is 5.82. The van der Waals surface area contributed by atoms with E-state index in [1.807, 2.05) is 39.8 Å². The summed E-state index contributed by atoms with van der Waals surface area (Å²) in [6.07, 6.45) is 0.623. The summed E-state index contributed by atoms with van der Waals surface area (Å²) in [5, 5.41) is 14.5. The number of anilines is 1. The first-order valence-corrected chi connectivity index (χ1v) is 6.79. The second-order valence-corrected chi connectivity index (χ2v) is 5.63. The fraction of sp³-hybridized carbons (Fsp3) is 0.533. The summed E-state index contributed by atoms with van der Waals surface area (Å²) >= 11 is 0. The fourth-order valence-corrected chi connectivity index (χ4v) is 1.70. The average Bonchev–Trinajstić information content (AvgIpc) is 2.29. The highest BCUT2D eigenvalue weighted by molar-refractivity contribution is 5.89. The number of benzene rings is 1. The van der Waals surface area contributed by atoms with Crippen LogP contribution in [0.5, 0.6) is 5.75 Å². The molecule has 3 N–H and O–H groups in total. The van der Waals surface area contributed by atoms with Gasteiger partial charge in [0.25, 0.3) is 0 Å². The number of carbonyl (C=O) groups excluding carboxylic acids is 1. The smallest absolute Gasteiger partial charge is 0.319 e. The van der Waals surface area contributed by atoms with E-state index in [9.17, 15) is 4.79 Å². The molecule has 0 aliphatic carbocycles. The lowest BCUT2D eigenvalue weighted by Crippen LogP contribution is -2.46. The summed E-state index contributed by atoms with van der Waals surface area (Å²) in [5.74, 6) is 0.770. The van der Waals surface area contributed by atoms with Gasteiger partial charge in [-0.2, -0.15) is 0 Å². The molecule has 0 heterocycles. The van der Waals surface area contributed by atoms with Crippen molar-refractivity contribution in [2.24, 2.45) is 0 Å². The van der Waals surface area contributed by atoms with Gasteiger partial charge in [-0.15, -0.1) is 0 Å². The SMILES string of the molecule is CC(C)Oc1ccc(NC(=O)NC(C)(C)CCO)cc1. The molecular formula is C15H24N2O3. The van der Waals surface area contributed by atoms with Crippen molar-refractivity contribution in [3.63, 3.8) is 0 Å². The number of amides is 2. The molecule has 1 aromatic carbocycles. The topological polar surface area (TPSA) is 70.6 Å². The Morgan fingerprint density at radius 2 is 1.90 bits per heavy atom. The maximum Gasteiger partial charge on any atom is 0.319 e. The van der Waals surface area contributed by atoms with Gasteiger partial charge in [0, 0.05) is 17.8 Å². The zero-order chi connectivity index (χ0) is 15.2. The molecule has 0 bridgehead atoms. The third kappa shape index (κ3) is 5.93. The van der Waals surface area contributed by atoms with Gasteiger partial charge in [-0.05, 0) is 58.4 Å². The lowest BCUT2D eigenvalue weighted by Gasteiger charge is -2.25. The predicted octanol–water partition coefficient (Wildman–Crippen LogP) is 2.76. The van der Waals surface area contributed by atoms with Gasteiger partial charge in [0.1, 0.15) is 5.75 Å². The molecule has 1 rings (SSSR count). The minimum Gasteiger partial charge on any atom is -0.491 e. The van der Waals surface area contributed by atoms with Crippen molar-refractivity contribution in [1.29, 1.82) is 0 Å². The first-order chi connectivity index (χ1) is 9.32.